The lowest BCUT2D eigenvalue weighted by Crippen LogP contribution is -2.47. The molecular formula is C21H28N4. The number of rotatable bonds is 5. The van der Waals surface area contributed by atoms with Crippen LogP contribution in [0.3, 0.4) is 0 Å². The molecule has 4 nitrogen and oxygen atoms in total. The predicted molar refractivity (Wildman–Crippen MR) is 106 cm³/mol. The average Bonchev–Trinajstić information content (AvgIpc) is 3.06. The van der Waals surface area contributed by atoms with Gasteiger partial charge in [0.2, 0.25) is 0 Å². The van der Waals surface area contributed by atoms with Gasteiger partial charge in [0.15, 0.2) is 5.96 Å². The van der Waals surface area contributed by atoms with Crippen molar-refractivity contribution in [3.05, 3.63) is 65.7 Å². The minimum absolute atomic E-state index is 0.414. The van der Waals surface area contributed by atoms with Crippen molar-refractivity contribution in [2.45, 2.75) is 18.9 Å². The molecular weight excluding hydrogens is 308 g/mol. The monoisotopic (exact) mass is 336 g/mol. The number of fused-ring (bicyclic) bond motifs is 1. The first-order chi connectivity index (χ1) is 12.2. The van der Waals surface area contributed by atoms with E-state index in [0.29, 0.717) is 6.04 Å². The summed E-state index contributed by atoms with van der Waals surface area (Å²) in [5, 5.41) is 3.59. The van der Waals surface area contributed by atoms with E-state index in [4.69, 9.17) is 0 Å². The van der Waals surface area contributed by atoms with Gasteiger partial charge in [-0.05, 0) is 44.1 Å². The maximum atomic E-state index is 4.52. The van der Waals surface area contributed by atoms with E-state index in [-0.39, 0.29) is 0 Å². The molecule has 132 valence electrons. The van der Waals surface area contributed by atoms with E-state index in [0.717, 1.165) is 31.9 Å². The van der Waals surface area contributed by atoms with Gasteiger partial charge in [-0.2, -0.15) is 0 Å². The molecule has 25 heavy (non-hydrogen) atoms. The van der Waals surface area contributed by atoms with Gasteiger partial charge < -0.3 is 15.1 Å². The summed E-state index contributed by atoms with van der Waals surface area (Å²) in [4.78, 5) is 9.10. The Morgan fingerprint density at radius 3 is 2.56 bits per heavy atom. The van der Waals surface area contributed by atoms with Crippen LogP contribution >= 0.6 is 0 Å². The molecule has 0 bridgehead atoms. The third kappa shape index (κ3) is 4.20. The predicted octanol–water partition coefficient (Wildman–Crippen LogP) is 2.80. The van der Waals surface area contributed by atoms with E-state index in [1.807, 2.05) is 7.05 Å². The van der Waals surface area contributed by atoms with Gasteiger partial charge in [0, 0.05) is 31.9 Å². The number of para-hydroxylation sites is 1. The number of anilines is 1. The Morgan fingerprint density at radius 2 is 1.84 bits per heavy atom. The second-order valence-corrected chi connectivity index (χ2v) is 6.77. The number of hydrogen-bond acceptors (Lipinski definition) is 2. The highest BCUT2D eigenvalue weighted by Gasteiger charge is 2.23. The lowest BCUT2D eigenvalue weighted by atomic mass is 10.1. The molecule has 1 unspecified atom stereocenters. The van der Waals surface area contributed by atoms with Crippen molar-refractivity contribution in [3.63, 3.8) is 0 Å². The number of likely N-dealkylation sites (N-methyl/N-ethyl adjacent to an activating group) is 1. The fraction of sp³-hybridized carbons (Fsp3) is 0.381. The second kappa shape index (κ2) is 8.17. The highest BCUT2D eigenvalue weighted by molar-refractivity contribution is 5.97. The van der Waals surface area contributed by atoms with Gasteiger partial charge in [0.1, 0.15) is 0 Å². The Morgan fingerprint density at radius 1 is 1.12 bits per heavy atom. The Kier molecular flexibility index (Phi) is 5.71. The summed E-state index contributed by atoms with van der Waals surface area (Å²) in [6.45, 7) is 1.86. The summed E-state index contributed by atoms with van der Waals surface area (Å²) in [5.74, 6) is 0.963. The van der Waals surface area contributed by atoms with Crippen LogP contribution in [0.25, 0.3) is 0 Å². The van der Waals surface area contributed by atoms with Gasteiger partial charge in [-0.3, -0.25) is 4.99 Å². The maximum Gasteiger partial charge on any atom is 0.198 e. The van der Waals surface area contributed by atoms with E-state index >= 15 is 0 Å². The number of guanidine groups is 1. The largest absolute Gasteiger partial charge is 0.354 e. The lowest BCUT2D eigenvalue weighted by molar-refractivity contribution is 0.290. The fourth-order valence-electron chi connectivity index (χ4n) is 3.39. The quantitative estimate of drug-likeness (QED) is 0.673. The van der Waals surface area contributed by atoms with Gasteiger partial charge >= 0.3 is 0 Å². The first-order valence-corrected chi connectivity index (χ1v) is 8.95. The second-order valence-electron chi connectivity index (χ2n) is 6.77. The van der Waals surface area contributed by atoms with Crippen molar-refractivity contribution in [3.8, 4) is 0 Å². The lowest BCUT2D eigenvalue weighted by Gasteiger charge is -2.28. The molecule has 1 atom stereocenters. The third-order valence-corrected chi connectivity index (χ3v) is 4.89. The number of nitrogens with zero attached hydrogens (tertiary/aromatic N) is 3. The zero-order chi connectivity index (χ0) is 17.6. The van der Waals surface area contributed by atoms with Crippen LogP contribution in [0.2, 0.25) is 0 Å². The molecule has 0 spiro atoms. The molecule has 1 aliphatic rings. The smallest absolute Gasteiger partial charge is 0.198 e. The normalized spacial score (nSPS) is 15.4. The zero-order valence-electron chi connectivity index (χ0n) is 15.4. The van der Waals surface area contributed by atoms with Crippen LogP contribution in [0.15, 0.2) is 59.6 Å². The molecule has 4 heteroatoms. The summed E-state index contributed by atoms with van der Waals surface area (Å²) in [5.41, 5.74) is 4.04. The van der Waals surface area contributed by atoms with Crippen LogP contribution in [-0.4, -0.2) is 51.1 Å². The van der Waals surface area contributed by atoms with E-state index in [1.165, 1.54) is 16.8 Å². The summed E-state index contributed by atoms with van der Waals surface area (Å²) in [7, 11) is 6.15. The molecule has 2 aromatic rings. The van der Waals surface area contributed by atoms with Gasteiger partial charge in [-0.1, -0.05) is 48.5 Å². The highest BCUT2D eigenvalue weighted by atomic mass is 15.3. The zero-order valence-corrected chi connectivity index (χ0v) is 15.4. The van der Waals surface area contributed by atoms with Crippen LogP contribution in [0, 0.1) is 0 Å². The molecule has 1 N–H and O–H groups in total. The summed E-state index contributed by atoms with van der Waals surface area (Å²) in [6, 6.07) is 19.7. The maximum absolute atomic E-state index is 4.52. The molecule has 2 aromatic carbocycles. The molecule has 0 radical (unpaired) electrons. The van der Waals surface area contributed by atoms with Crippen LogP contribution in [-0.2, 0) is 12.8 Å². The van der Waals surface area contributed by atoms with Gasteiger partial charge in [-0.15, -0.1) is 0 Å². The Labute approximate surface area is 151 Å². The first-order valence-electron chi connectivity index (χ1n) is 8.95. The van der Waals surface area contributed by atoms with E-state index in [2.05, 4.69) is 88.8 Å². The Hall–Kier alpha value is -2.33. The van der Waals surface area contributed by atoms with Crippen LogP contribution in [0.1, 0.15) is 11.1 Å². The topological polar surface area (TPSA) is 30.9 Å². The van der Waals surface area contributed by atoms with E-state index in [1.54, 1.807) is 0 Å². The standard InChI is InChI=1S/C21H28N4/c1-22-21(25-14-13-18-11-7-8-12-20(18)25)23-16-19(24(2)3)15-17-9-5-4-6-10-17/h4-12,19H,13-16H2,1-3H3,(H,22,23). The molecule has 0 saturated heterocycles. The molecule has 0 aromatic heterocycles. The van der Waals surface area contributed by atoms with Crippen molar-refractivity contribution in [1.29, 1.82) is 0 Å². The fourth-order valence-corrected chi connectivity index (χ4v) is 3.39. The van der Waals surface area contributed by atoms with Crippen molar-refractivity contribution < 1.29 is 0 Å². The van der Waals surface area contributed by atoms with E-state index < -0.39 is 0 Å². The van der Waals surface area contributed by atoms with Crippen LogP contribution in [0.4, 0.5) is 5.69 Å². The first kappa shape index (κ1) is 17.5. The van der Waals surface area contributed by atoms with Gasteiger partial charge in [-0.25, -0.2) is 0 Å². The number of nitrogens with one attached hydrogen (secondary N) is 1. The van der Waals surface area contributed by atoms with Gasteiger partial charge in [0.05, 0.1) is 0 Å². The molecule has 0 saturated carbocycles. The Bertz CT molecular complexity index is 709. The minimum Gasteiger partial charge on any atom is -0.354 e. The molecule has 0 amide bonds. The van der Waals surface area contributed by atoms with E-state index in [9.17, 15) is 0 Å². The van der Waals surface area contributed by atoms with Crippen molar-refractivity contribution in [2.24, 2.45) is 4.99 Å². The highest BCUT2D eigenvalue weighted by Crippen LogP contribution is 2.27. The summed E-state index contributed by atoms with van der Waals surface area (Å²) >= 11 is 0. The van der Waals surface area contributed by atoms with Crippen molar-refractivity contribution in [1.82, 2.24) is 10.2 Å². The Balaban J connectivity index is 1.65. The minimum atomic E-state index is 0.414. The number of hydrogen-bond donors (Lipinski definition) is 1. The van der Waals surface area contributed by atoms with Crippen molar-refractivity contribution >= 4 is 11.6 Å². The van der Waals surface area contributed by atoms with Crippen LogP contribution in [0.5, 0.6) is 0 Å². The average molecular weight is 336 g/mol. The van der Waals surface area contributed by atoms with Crippen molar-refractivity contribution in [2.75, 3.05) is 39.1 Å². The molecule has 1 aliphatic heterocycles. The summed E-state index contributed by atoms with van der Waals surface area (Å²) < 4.78 is 0. The third-order valence-electron chi connectivity index (χ3n) is 4.89. The number of benzene rings is 2. The number of aliphatic imine (C=N–C) groups is 1. The van der Waals surface area contributed by atoms with Gasteiger partial charge in [0.25, 0.3) is 0 Å². The molecule has 0 aliphatic carbocycles. The SMILES string of the molecule is CN=C(NCC(Cc1ccccc1)N(C)C)N1CCc2ccccc21. The molecule has 0 fully saturated rings. The molecule has 3 rings (SSSR count). The molecule has 1 heterocycles. The van der Waals surface area contributed by atoms with Crippen LogP contribution < -0.4 is 10.2 Å². The summed E-state index contributed by atoms with van der Waals surface area (Å²) in [6.07, 6.45) is 2.10.